The lowest BCUT2D eigenvalue weighted by Gasteiger charge is -2.23. The minimum absolute atomic E-state index is 0.0974. The molecule has 0 aliphatic heterocycles. The van der Waals surface area contributed by atoms with Gasteiger partial charge in [0.15, 0.2) is 0 Å². The molecule has 5 heteroatoms. The van der Waals surface area contributed by atoms with Crippen molar-refractivity contribution >= 4 is 5.91 Å². The van der Waals surface area contributed by atoms with Crippen molar-refractivity contribution in [2.24, 2.45) is 5.73 Å². The molecule has 3 N–H and O–H groups in total. The number of benzene rings is 1. The van der Waals surface area contributed by atoms with E-state index < -0.39 is 23.5 Å². The summed E-state index contributed by atoms with van der Waals surface area (Å²) in [5.41, 5.74) is 2.32. The van der Waals surface area contributed by atoms with Crippen LogP contribution in [0.5, 0.6) is 0 Å². The molecule has 0 heterocycles. The maximum absolute atomic E-state index is 13.6. The minimum atomic E-state index is -2.57. The smallest absolute Gasteiger partial charge is 0.257 e. The van der Waals surface area contributed by atoms with Crippen LogP contribution >= 0.6 is 0 Å². The van der Waals surface area contributed by atoms with Crippen molar-refractivity contribution < 1.29 is 18.7 Å². The van der Waals surface area contributed by atoms with Crippen LogP contribution in [0.2, 0.25) is 0 Å². The summed E-state index contributed by atoms with van der Waals surface area (Å²) < 4.78 is 26.1. The summed E-state index contributed by atoms with van der Waals surface area (Å²) in [6.45, 7) is 0.878. The normalized spacial score (nSPS) is 16.8. The molecule has 2 atom stereocenters. The molecule has 1 amide bonds. The summed E-state index contributed by atoms with van der Waals surface area (Å²) in [6.07, 6.45) is -1.70. The number of hydrogen-bond acceptors (Lipinski definition) is 2. The first-order chi connectivity index (χ1) is 6.85. The van der Waals surface area contributed by atoms with Crippen LogP contribution in [-0.4, -0.2) is 16.7 Å². The summed E-state index contributed by atoms with van der Waals surface area (Å²) in [6, 6.07) is 4.52. The standard InChI is InChI=1S/C10H11F2NO2/c1-10(12,9(13)15)8(14)6-2-4-7(11)5-3-6/h2-5,8,14H,1H3,(H2,13,15)/t8-,10?/m0/s1. The van der Waals surface area contributed by atoms with Crippen LogP contribution in [-0.2, 0) is 4.79 Å². The largest absolute Gasteiger partial charge is 0.384 e. The molecule has 0 fully saturated rings. The number of alkyl halides is 1. The number of carbonyl (C=O) groups excluding carboxylic acids is 1. The Bertz CT molecular complexity index is 362. The Balaban J connectivity index is 2.99. The molecule has 1 aromatic carbocycles. The van der Waals surface area contributed by atoms with E-state index in [-0.39, 0.29) is 5.56 Å². The van der Waals surface area contributed by atoms with E-state index >= 15 is 0 Å². The Kier molecular flexibility index (Phi) is 3.04. The molecule has 0 aliphatic rings. The first kappa shape index (κ1) is 11.6. The fraction of sp³-hybridized carbons (Fsp3) is 0.300. The SMILES string of the molecule is CC(F)(C(N)=O)[C@@H](O)c1ccc(F)cc1. The molecule has 0 saturated carbocycles. The highest BCUT2D eigenvalue weighted by atomic mass is 19.1. The van der Waals surface area contributed by atoms with Gasteiger partial charge in [-0.3, -0.25) is 4.79 Å². The molecule has 0 bridgehead atoms. The maximum atomic E-state index is 13.6. The van der Waals surface area contributed by atoms with Gasteiger partial charge in [-0.1, -0.05) is 12.1 Å². The predicted molar refractivity (Wildman–Crippen MR) is 50.1 cm³/mol. The van der Waals surface area contributed by atoms with Crippen LogP contribution in [0.25, 0.3) is 0 Å². The number of carbonyl (C=O) groups is 1. The molecule has 3 nitrogen and oxygen atoms in total. The van der Waals surface area contributed by atoms with Gasteiger partial charge in [0.2, 0.25) is 5.67 Å². The second-order valence-corrected chi connectivity index (χ2v) is 3.39. The lowest BCUT2D eigenvalue weighted by Crippen LogP contribution is -2.42. The van der Waals surface area contributed by atoms with Gasteiger partial charge in [0.25, 0.3) is 5.91 Å². The summed E-state index contributed by atoms with van der Waals surface area (Å²) >= 11 is 0. The Morgan fingerprint density at radius 3 is 2.33 bits per heavy atom. The highest BCUT2D eigenvalue weighted by molar-refractivity contribution is 5.83. The van der Waals surface area contributed by atoms with E-state index in [2.05, 4.69) is 0 Å². The topological polar surface area (TPSA) is 63.3 Å². The number of aliphatic hydroxyl groups excluding tert-OH is 1. The molecule has 0 spiro atoms. The predicted octanol–water partition coefficient (Wildman–Crippen LogP) is 1.07. The zero-order valence-electron chi connectivity index (χ0n) is 8.08. The van der Waals surface area contributed by atoms with Gasteiger partial charge in [0.05, 0.1) is 0 Å². The Hall–Kier alpha value is -1.49. The van der Waals surface area contributed by atoms with Crippen molar-refractivity contribution in [2.45, 2.75) is 18.7 Å². The summed E-state index contributed by atoms with van der Waals surface area (Å²) in [4.78, 5) is 10.7. The third kappa shape index (κ3) is 2.30. The average molecular weight is 215 g/mol. The number of hydrogen-bond donors (Lipinski definition) is 2. The van der Waals surface area contributed by atoms with E-state index in [0.717, 1.165) is 19.1 Å². The molecular formula is C10H11F2NO2. The molecule has 0 radical (unpaired) electrons. The first-order valence-corrected chi connectivity index (χ1v) is 4.28. The van der Waals surface area contributed by atoms with Crippen LogP contribution in [0, 0.1) is 5.82 Å². The van der Waals surface area contributed by atoms with Crippen LogP contribution in [0.1, 0.15) is 18.6 Å². The molecule has 1 rings (SSSR count). The van der Waals surface area contributed by atoms with Crippen molar-refractivity contribution in [3.63, 3.8) is 0 Å². The first-order valence-electron chi connectivity index (χ1n) is 4.28. The van der Waals surface area contributed by atoms with E-state index in [9.17, 15) is 18.7 Å². The fourth-order valence-electron chi connectivity index (χ4n) is 1.09. The molecule has 0 aromatic heterocycles. The van der Waals surface area contributed by atoms with E-state index in [1.54, 1.807) is 0 Å². The van der Waals surface area contributed by atoms with Gasteiger partial charge >= 0.3 is 0 Å². The Labute approximate surface area is 85.5 Å². The van der Waals surface area contributed by atoms with Gasteiger partial charge < -0.3 is 10.8 Å². The van der Waals surface area contributed by atoms with Crippen molar-refractivity contribution in [1.29, 1.82) is 0 Å². The summed E-state index contributed by atoms with van der Waals surface area (Å²) in [7, 11) is 0. The second-order valence-electron chi connectivity index (χ2n) is 3.39. The second kappa shape index (κ2) is 3.94. The number of aliphatic hydroxyl groups is 1. The number of primary amides is 1. The zero-order valence-corrected chi connectivity index (χ0v) is 8.08. The van der Waals surface area contributed by atoms with E-state index in [4.69, 9.17) is 5.73 Å². The van der Waals surface area contributed by atoms with Gasteiger partial charge in [-0.05, 0) is 24.6 Å². The van der Waals surface area contributed by atoms with Crippen molar-refractivity contribution in [3.05, 3.63) is 35.6 Å². The van der Waals surface area contributed by atoms with Gasteiger partial charge in [0.1, 0.15) is 11.9 Å². The highest BCUT2D eigenvalue weighted by Crippen LogP contribution is 2.29. The highest BCUT2D eigenvalue weighted by Gasteiger charge is 2.40. The van der Waals surface area contributed by atoms with Gasteiger partial charge in [-0.15, -0.1) is 0 Å². The third-order valence-corrected chi connectivity index (χ3v) is 2.18. The van der Waals surface area contributed by atoms with Gasteiger partial charge in [-0.25, -0.2) is 8.78 Å². The molecule has 1 unspecified atom stereocenters. The molecule has 15 heavy (non-hydrogen) atoms. The fourth-order valence-corrected chi connectivity index (χ4v) is 1.09. The summed E-state index contributed by atoms with van der Waals surface area (Å²) in [5.74, 6) is -1.77. The molecule has 1 aromatic rings. The van der Waals surface area contributed by atoms with E-state index in [0.29, 0.717) is 0 Å². The Morgan fingerprint density at radius 1 is 1.47 bits per heavy atom. The lowest BCUT2D eigenvalue weighted by atomic mass is 9.94. The van der Waals surface area contributed by atoms with Gasteiger partial charge in [-0.2, -0.15) is 0 Å². The van der Waals surface area contributed by atoms with Crippen LogP contribution in [0.4, 0.5) is 8.78 Å². The third-order valence-electron chi connectivity index (χ3n) is 2.18. The molecular weight excluding hydrogens is 204 g/mol. The Morgan fingerprint density at radius 2 is 1.93 bits per heavy atom. The van der Waals surface area contributed by atoms with Crippen LogP contribution < -0.4 is 5.73 Å². The lowest BCUT2D eigenvalue weighted by molar-refractivity contribution is -0.136. The van der Waals surface area contributed by atoms with Crippen molar-refractivity contribution in [1.82, 2.24) is 0 Å². The monoisotopic (exact) mass is 215 g/mol. The average Bonchev–Trinajstić information content (AvgIpc) is 2.17. The van der Waals surface area contributed by atoms with Crippen LogP contribution in [0.3, 0.4) is 0 Å². The maximum Gasteiger partial charge on any atom is 0.257 e. The van der Waals surface area contributed by atoms with Crippen molar-refractivity contribution in [2.75, 3.05) is 0 Å². The van der Waals surface area contributed by atoms with Gasteiger partial charge in [0, 0.05) is 0 Å². The molecule has 0 saturated heterocycles. The molecule has 0 aliphatic carbocycles. The number of nitrogens with two attached hydrogens (primary N) is 1. The van der Waals surface area contributed by atoms with E-state index in [1.165, 1.54) is 12.1 Å². The molecule has 82 valence electrons. The quantitative estimate of drug-likeness (QED) is 0.792. The number of amides is 1. The summed E-state index contributed by atoms with van der Waals surface area (Å²) in [5, 5.41) is 9.51. The van der Waals surface area contributed by atoms with E-state index in [1.807, 2.05) is 0 Å². The van der Waals surface area contributed by atoms with Crippen LogP contribution in [0.15, 0.2) is 24.3 Å². The number of halogens is 2. The van der Waals surface area contributed by atoms with Crippen molar-refractivity contribution in [3.8, 4) is 0 Å². The minimum Gasteiger partial charge on any atom is -0.384 e. The zero-order chi connectivity index (χ0) is 11.6. The number of rotatable bonds is 3.